The second-order valence-electron chi connectivity index (χ2n) is 3.60. The second-order valence-corrected chi connectivity index (χ2v) is 3.60. The van der Waals surface area contributed by atoms with E-state index in [4.69, 9.17) is 0 Å². The molecule has 0 saturated heterocycles. The molecule has 0 bridgehead atoms. The van der Waals surface area contributed by atoms with Gasteiger partial charge in [0.25, 0.3) is 0 Å². The minimum Gasteiger partial charge on any atom is -0.299 e. The van der Waals surface area contributed by atoms with Crippen molar-refractivity contribution in [2.45, 2.75) is 27.2 Å². The molecule has 0 N–H and O–H groups in total. The van der Waals surface area contributed by atoms with Crippen LogP contribution in [0.15, 0.2) is 18.5 Å². The van der Waals surface area contributed by atoms with E-state index in [1.165, 1.54) is 0 Å². The number of aromatic nitrogens is 1. The maximum Gasteiger partial charge on any atom is 0.139 e. The van der Waals surface area contributed by atoms with E-state index < -0.39 is 0 Å². The Bertz CT molecular complexity index is 305. The summed E-state index contributed by atoms with van der Waals surface area (Å²) >= 11 is 0. The van der Waals surface area contributed by atoms with Crippen LogP contribution >= 0.6 is 0 Å². The Balaban J connectivity index is 2.75. The summed E-state index contributed by atoms with van der Waals surface area (Å²) in [6.45, 7) is 5.84. The zero-order chi connectivity index (χ0) is 9.84. The SMILES string of the molecule is Cc1cnccc1CC(=O)C(C)C. The summed E-state index contributed by atoms with van der Waals surface area (Å²) in [4.78, 5) is 15.4. The molecule has 1 aromatic heterocycles. The van der Waals surface area contributed by atoms with Gasteiger partial charge in [0.15, 0.2) is 0 Å². The van der Waals surface area contributed by atoms with Crippen LogP contribution in [-0.4, -0.2) is 10.8 Å². The van der Waals surface area contributed by atoms with Crippen LogP contribution in [0.25, 0.3) is 0 Å². The highest BCUT2D eigenvalue weighted by atomic mass is 16.1. The fourth-order valence-corrected chi connectivity index (χ4v) is 1.09. The van der Waals surface area contributed by atoms with Crippen molar-refractivity contribution >= 4 is 5.78 Å². The average molecular weight is 177 g/mol. The number of aryl methyl sites for hydroxylation is 1. The van der Waals surface area contributed by atoms with Gasteiger partial charge in [0.05, 0.1) is 0 Å². The zero-order valence-electron chi connectivity index (χ0n) is 8.37. The Labute approximate surface area is 79.0 Å². The van der Waals surface area contributed by atoms with Gasteiger partial charge in [0.1, 0.15) is 5.78 Å². The van der Waals surface area contributed by atoms with Gasteiger partial charge in [-0.1, -0.05) is 13.8 Å². The summed E-state index contributed by atoms with van der Waals surface area (Å²) in [5, 5.41) is 0. The molecule has 0 spiro atoms. The van der Waals surface area contributed by atoms with Gasteiger partial charge in [-0.2, -0.15) is 0 Å². The molecule has 0 radical (unpaired) electrons. The summed E-state index contributed by atoms with van der Waals surface area (Å²) in [6.07, 6.45) is 4.06. The highest BCUT2D eigenvalue weighted by molar-refractivity contribution is 5.82. The first kappa shape index (κ1) is 9.90. The summed E-state index contributed by atoms with van der Waals surface area (Å²) in [5.74, 6) is 0.405. The number of Topliss-reactive ketones (excluding diaryl/α,β-unsaturated/α-hetero) is 1. The van der Waals surface area contributed by atoms with Gasteiger partial charge in [-0.3, -0.25) is 9.78 Å². The maximum absolute atomic E-state index is 11.4. The number of pyridine rings is 1. The first-order valence-corrected chi connectivity index (χ1v) is 4.53. The fraction of sp³-hybridized carbons (Fsp3) is 0.455. The van der Waals surface area contributed by atoms with Gasteiger partial charge in [0.2, 0.25) is 0 Å². The molecule has 0 aromatic carbocycles. The topological polar surface area (TPSA) is 30.0 Å². The van der Waals surface area contributed by atoms with Crippen molar-refractivity contribution in [3.8, 4) is 0 Å². The average Bonchev–Trinajstić information content (AvgIpc) is 2.08. The first-order chi connectivity index (χ1) is 6.11. The van der Waals surface area contributed by atoms with E-state index in [0.717, 1.165) is 11.1 Å². The molecule has 1 rings (SSSR count). The maximum atomic E-state index is 11.4. The lowest BCUT2D eigenvalue weighted by Gasteiger charge is -2.05. The summed E-state index contributed by atoms with van der Waals surface area (Å²) in [6, 6.07) is 1.91. The zero-order valence-corrected chi connectivity index (χ0v) is 8.37. The number of hydrogen-bond donors (Lipinski definition) is 0. The highest BCUT2D eigenvalue weighted by Crippen LogP contribution is 2.09. The van der Waals surface area contributed by atoms with E-state index >= 15 is 0 Å². The number of hydrogen-bond acceptors (Lipinski definition) is 2. The number of ketones is 1. The number of nitrogens with zero attached hydrogens (tertiary/aromatic N) is 1. The predicted molar refractivity (Wildman–Crippen MR) is 52.5 cm³/mol. The number of carbonyl (C=O) groups is 1. The minimum absolute atomic E-state index is 0.118. The van der Waals surface area contributed by atoms with E-state index in [1.54, 1.807) is 12.4 Å². The van der Waals surface area contributed by atoms with Crippen LogP contribution in [0.2, 0.25) is 0 Å². The van der Waals surface area contributed by atoms with Crippen molar-refractivity contribution in [1.29, 1.82) is 0 Å². The van der Waals surface area contributed by atoms with Crippen LogP contribution in [0, 0.1) is 12.8 Å². The summed E-state index contributed by atoms with van der Waals surface area (Å²) < 4.78 is 0. The van der Waals surface area contributed by atoms with E-state index in [9.17, 15) is 4.79 Å². The van der Waals surface area contributed by atoms with Gasteiger partial charge < -0.3 is 0 Å². The van der Waals surface area contributed by atoms with Crippen molar-refractivity contribution in [2.24, 2.45) is 5.92 Å². The standard InChI is InChI=1S/C11H15NO/c1-8(2)11(13)6-10-4-5-12-7-9(10)3/h4-5,7-8H,6H2,1-3H3. The van der Waals surface area contributed by atoms with Gasteiger partial charge in [-0.15, -0.1) is 0 Å². The van der Waals surface area contributed by atoms with E-state index in [-0.39, 0.29) is 11.7 Å². The fourth-order valence-electron chi connectivity index (χ4n) is 1.09. The van der Waals surface area contributed by atoms with Crippen LogP contribution < -0.4 is 0 Å². The van der Waals surface area contributed by atoms with E-state index in [0.29, 0.717) is 6.42 Å². The Morgan fingerprint density at radius 3 is 2.77 bits per heavy atom. The Morgan fingerprint density at radius 2 is 2.23 bits per heavy atom. The van der Waals surface area contributed by atoms with Crippen molar-refractivity contribution in [3.05, 3.63) is 29.6 Å². The van der Waals surface area contributed by atoms with E-state index in [2.05, 4.69) is 4.98 Å². The molecule has 0 aliphatic carbocycles. The minimum atomic E-state index is 0.118. The lowest BCUT2D eigenvalue weighted by molar-refractivity contribution is -0.121. The molecule has 1 heterocycles. The molecule has 0 aliphatic rings. The molecular formula is C11H15NO. The molecule has 0 atom stereocenters. The monoisotopic (exact) mass is 177 g/mol. The third kappa shape index (κ3) is 2.65. The number of carbonyl (C=O) groups excluding carboxylic acids is 1. The molecular weight excluding hydrogens is 162 g/mol. The molecule has 0 unspecified atom stereocenters. The second kappa shape index (κ2) is 4.17. The molecule has 70 valence electrons. The summed E-state index contributed by atoms with van der Waals surface area (Å²) in [5.41, 5.74) is 2.19. The predicted octanol–water partition coefficient (Wildman–Crippen LogP) is 2.16. The van der Waals surface area contributed by atoms with Crippen molar-refractivity contribution in [1.82, 2.24) is 4.98 Å². The Hall–Kier alpha value is -1.18. The first-order valence-electron chi connectivity index (χ1n) is 4.53. The third-order valence-electron chi connectivity index (χ3n) is 2.15. The highest BCUT2D eigenvalue weighted by Gasteiger charge is 2.09. The summed E-state index contributed by atoms with van der Waals surface area (Å²) in [7, 11) is 0. The number of rotatable bonds is 3. The molecule has 13 heavy (non-hydrogen) atoms. The smallest absolute Gasteiger partial charge is 0.139 e. The van der Waals surface area contributed by atoms with Gasteiger partial charge >= 0.3 is 0 Å². The molecule has 1 aromatic rings. The third-order valence-corrected chi connectivity index (χ3v) is 2.15. The van der Waals surface area contributed by atoms with E-state index in [1.807, 2.05) is 26.8 Å². The van der Waals surface area contributed by atoms with Crippen LogP contribution in [0.3, 0.4) is 0 Å². The lowest BCUT2D eigenvalue weighted by Crippen LogP contribution is -2.11. The molecule has 0 fully saturated rings. The van der Waals surface area contributed by atoms with Crippen LogP contribution in [0.4, 0.5) is 0 Å². The molecule has 0 aliphatic heterocycles. The molecule has 0 saturated carbocycles. The molecule has 2 nitrogen and oxygen atoms in total. The van der Waals surface area contributed by atoms with Crippen LogP contribution in [0.1, 0.15) is 25.0 Å². The van der Waals surface area contributed by atoms with Crippen LogP contribution in [0.5, 0.6) is 0 Å². The van der Waals surface area contributed by atoms with Gasteiger partial charge in [-0.05, 0) is 24.1 Å². The van der Waals surface area contributed by atoms with Gasteiger partial charge in [0, 0.05) is 24.7 Å². The molecule has 0 amide bonds. The Kier molecular flexibility index (Phi) is 3.18. The van der Waals surface area contributed by atoms with Crippen LogP contribution in [-0.2, 0) is 11.2 Å². The molecule has 2 heteroatoms. The van der Waals surface area contributed by atoms with Crippen molar-refractivity contribution < 1.29 is 4.79 Å². The normalized spacial score (nSPS) is 10.5. The largest absolute Gasteiger partial charge is 0.299 e. The Morgan fingerprint density at radius 1 is 1.54 bits per heavy atom. The lowest BCUT2D eigenvalue weighted by atomic mass is 9.99. The van der Waals surface area contributed by atoms with Gasteiger partial charge in [-0.25, -0.2) is 0 Å². The quantitative estimate of drug-likeness (QED) is 0.708. The van der Waals surface area contributed by atoms with Crippen molar-refractivity contribution in [3.63, 3.8) is 0 Å². The van der Waals surface area contributed by atoms with Crippen molar-refractivity contribution in [2.75, 3.05) is 0 Å².